The molecule has 0 aliphatic rings. The molecule has 0 bridgehead atoms. The Kier molecular flexibility index (Phi) is 7.48. The van der Waals surface area contributed by atoms with Gasteiger partial charge in [0.15, 0.2) is 11.5 Å². The molecular formula is C22H18ClIN2O3. The molecule has 3 rings (SSSR count). The minimum atomic E-state index is -0.275. The largest absolute Gasteiger partial charge is 0.493 e. The molecule has 0 atom stereocenters. The first-order valence-corrected chi connectivity index (χ1v) is 10.2. The van der Waals surface area contributed by atoms with Gasteiger partial charge in [0.05, 0.1) is 16.9 Å². The quantitative estimate of drug-likeness (QED) is 0.261. The van der Waals surface area contributed by atoms with E-state index in [1.54, 1.807) is 43.7 Å². The van der Waals surface area contributed by atoms with E-state index < -0.39 is 0 Å². The fourth-order valence-corrected chi connectivity index (χ4v) is 3.51. The van der Waals surface area contributed by atoms with Crippen LogP contribution in [-0.4, -0.2) is 19.2 Å². The second-order valence-electron chi connectivity index (χ2n) is 5.98. The van der Waals surface area contributed by atoms with Crippen LogP contribution >= 0.6 is 34.2 Å². The number of rotatable bonds is 7. The van der Waals surface area contributed by atoms with Crippen molar-refractivity contribution in [2.75, 3.05) is 7.11 Å². The van der Waals surface area contributed by atoms with Gasteiger partial charge in [0.2, 0.25) is 0 Å². The fourth-order valence-electron chi connectivity index (χ4n) is 2.54. The lowest BCUT2D eigenvalue weighted by molar-refractivity contribution is 0.0955. The second-order valence-corrected chi connectivity index (χ2v) is 7.55. The van der Waals surface area contributed by atoms with E-state index in [0.717, 1.165) is 14.7 Å². The molecular weight excluding hydrogens is 503 g/mol. The van der Waals surface area contributed by atoms with Gasteiger partial charge in [-0.2, -0.15) is 5.10 Å². The Bertz CT molecular complexity index is 1030. The number of hydrazone groups is 1. The van der Waals surface area contributed by atoms with Crippen LogP contribution in [0.25, 0.3) is 0 Å². The Morgan fingerprint density at radius 2 is 1.86 bits per heavy atom. The van der Waals surface area contributed by atoms with Crippen LogP contribution in [0.15, 0.2) is 71.8 Å². The Morgan fingerprint density at radius 3 is 2.59 bits per heavy atom. The number of nitrogens with one attached hydrogen (secondary N) is 1. The highest BCUT2D eigenvalue weighted by molar-refractivity contribution is 14.1. The smallest absolute Gasteiger partial charge is 0.271 e. The lowest BCUT2D eigenvalue weighted by atomic mass is 10.2. The Morgan fingerprint density at radius 1 is 1.14 bits per heavy atom. The number of ether oxygens (including phenoxy) is 2. The van der Waals surface area contributed by atoms with E-state index >= 15 is 0 Å². The van der Waals surface area contributed by atoms with Crippen molar-refractivity contribution in [2.45, 2.75) is 6.61 Å². The maximum Gasteiger partial charge on any atom is 0.271 e. The van der Waals surface area contributed by atoms with Gasteiger partial charge in [0.1, 0.15) is 6.61 Å². The summed E-state index contributed by atoms with van der Waals surface area (Å²) in [5.74, 6) is 0.918. The summed E-state index contributed by atoms with van der Waals surface area (Å²) in [7, 11) is 1.58. The average Bonchev–Trinajstić information content (AvgIpc) is 2.74. The molecule has 0 spiro atoms. The molecule has 1 N–H and O–H groups in total. The van der Waals surface area contributed by atoms with Crippen LogP contribution in [0.5, 0.6) is 11.5 Å². The molecule has 29 heavy (non-hydrogen) atoms. The summed E-state index contributed by atoms with van der Waals surface area (Å²) >= 11 is 8.37. The zero-order chi connectivity index (χ0) is 20.6. The first-order chi connectivity index (χ1) is 14.1. The van der Waals surface area contributed by atoms with Gasteiger partial charge in [0, 0.05) is 16.1 Å². The van der Waals surface area contributed by atoms with E-state index in [1.165, 1.54) is 0 Å². The summed E-state index contributed by atoms with van der Waals surface area (Å²) in [5, 5.41) is 4.68. The maximum absolute atomic E-state index is 12.0. The number of methoxy groups -OCH3 is 1. The molecule has 1 amide bonds. The third-order valence-electron chi connectivity index (χ3n) is 4.00. The van der Waals surface area contributed by atoms with Gasteiger partial charge in [-0.25, -0.2) is 5.43 Å². The van der Waals surface area contributed by atoms with E-state index in [1.807, 2.05) is 36.4 Å². The van der Waals surface area contributed by atoms with Crippen molar-refractivity contribution in [3.63, 3.8) is 0 Å². The van der Waals surface area contributed by atoms with Crippen molar-refractivity contribution in [3.8, 4) is 11.5 Å². The number of nitrogens with zero attached hydrogens (tertiary/aromatic N) is 1. The standard InChI is InChI=1S/C22H18ClIN2O3/c1-28-20-12-15(13-25-26-22(27)16-7-3-2-4-8-16)11-19(24)21(20)29-14-17-9-5-6-10-18(17)23/h2-13H,14H2,1H3,(H,26,27)/b25-13-. The van der Waals surface area contributed by atoms with E-state index in [9.17, 15) is 4.79 Å². The predicted molar refractivity (Wildman–Crippen MR) is 123 cm³/mol. The number of carbonyl (C=O) groups excluding carboxylic acids is 1. The molecule has 5 nitrogen and oxygen atoms in total. The van der Waals surface area contributed by atoms with Crippen LogP contribution in [-0.2, 0) is 6.61 Å². The molecule has 0 heterocycles. The Labute approximate surface area is 187 Å². The van der Waals surface area contributed by atoms with Gasteiger partial charge >= 0.3 is 0 Å². The number of amides is 1. The zero-order valence-electron chi connectivity index (χ0n) is 15.6. The molecule has 7 heteroatoms. The molecule has 0 aliphatic heterocycles. The van der Waals surface area contributed by atoms with Crippen molar-refractivity contribution in [1.82, 2.24) is 5.43 Å². The van der Waals surface area contributed by atoms with Gasteiger partial charge < -0.3 is 9.47 Å². The summed E-state index contributed by atoms with van der Waals surface area (Å²) in [6, 6.07) is 20.1. The van der Waals surface area contributed by atoms with E-state index in [-0.39, 0.29) is 5.91 Å². The van der Waals surface area contributed by atoms with E-state index in [0.29, 0.717) is 28.7 Å². The Hall–Kier alpha value is -2.58. The number of carbonyl (C=O) groups is 1. The maximum atomic E-state index is 12.0. The summed E-state index contributed by atoms with van der Waals surface area (Å²) in [6.07, 6.45) is 1.56. The molecule has 0 aromatic heterocycles. The highest BCUT2D eigenvalue weighted by atomic mass is 127. The van der Waals surface area contributed by atoms with Crippen molar-refractivity contribution in [3.05, 3.63) is 92.0 Å². The van der Waals surface area contributed by atoms with Crippen molar-refractivity contribution < 1.29 is 14.3 Å². The lowest BCUT2D eigenvalue weighted by Crippen LogP contribution is -2.17. The molecule has 0 unspecified atom stereocenters. The fraction of sp³-hybridized carbons (Fsp3) is 0.0909. The Balaban J connectivity index is 1.70. The molecule has 148 valence electrons. The summed E-state index contributed by atoms with van der Waals surface area (Å²) in [5.41, 5.74) is 4.71. The molecule has 0 aliphatic carbocycles. The van der Waals surface area contributed by atoms with Gasteiger partial charge in [-0.15, -0.1) is 0 Å². The van der Waals surface area contributed by atoms with Gasteiger partial charge in [-0.3, -0.25) is 4.79 Å². The highest BCUT2D eigenvalue weighted by Crippen LogP contribution is 2.34. The third kappa shape index (κ3) is 5.71. The van der Waals surface area contributed by atoms with Crippen molar-refractivity contribution in [1.29, 1.82) is 0 Å². The zero-order valence-corrected chi connectivity index (χ0v) is 18.5. The van der Waals surface area contributed by atoms with Gasteiger partial charge in [-0.1, -0.05) is 48.0 Å². The molecule has 0 radical (unpaired) electrons. The monoisotopic (exact) mass is 520 g/mol. The normalized spacial score (nSPS) is 10.7. The number of benzene rings is 3. The molecule has 3 aromatic carbocycles. The summed E-state index contributed by atoms with van der Waals surface area (Å²) in [6.45, 7) is 0.326. The third-order valence-corrected chi connectivity index (χ3v) is 5.17. The molecule has 0 saturated carbocycles. The molecule has 3 aromatic rings. The van der Waals surface area contributed by atoms with Crippen LogP contribution < -0.4 is 14.9 Å². The van der Waals surface area contributed by atoms with Crippen molar-refractivity contribution >= 4 is 46.3 Å². The van der Waals surface area contributed by atoms with Crippen LogP contribution in [0.2, 0.25) is 5.02 Å². The topological polar surface area (TPSA) is 59.9 Å². The number of hydrogen-bond donors (Lipinski definition) is 1. The minimum absolute atomic E-state index is 0.275. The first-order valence-electron chi connectivity index (χ1n) is 8.70. The summed E-state index contributed by atoms with van der Waals surface area (Å²) in [4.78, 5) is 12.0. The predicted octanol–water partition coefficient (Wildman–Crippen LogP) is 5.30. The number of hydrogen-bond acceptors (Lipinski definition) is 4. The average molecular weight is 521 g/mol. The highest BCUT2D eigenvalue weighted by Gasteiger charge is 2.12. The van der Waals surface area contributed by atoms with Crippen LogP contribution in [0.3, 0.4) is 0 Å². The van der Waals surface area contributed by atoms with Crippen LogP contribution in [0.4, 0.5) is 0 Å². The first kappa shape index (κ1) is 21.1. The number of halogens is 2. The minimum Gasteiger partial charge on any atom is -0.493 e. The van der Waals surface area contributed by atoms with Gasteiger partial charge in [-0.05, 0) is 58.5 Å². The molecule has 0 saturated heterocycles. The molecule has 0 fully saturated rings. The van der Waals surface area contributed by atoms with Gasteiger partial charge in [0.25, 0.3) is 5.91 Å². The van der Waals surface area contributed by atoms with E-state index in [4.69, 9.17) is 21.1 Å². The van der Waals surface area contributed by atoms with Crippen LogP contribution in [0, 0.1) is 3.57 Å². The van der Waals surface area contributed by atoms with E-state index in [2.05, 4.69) is 33.1 Å². The lowest BCUT2D eigenvalue weighted by Gasteiger charge is -2.14. The SMILES string of the molecule is COc1cc(/C=N\NC(=O)c2ccccc2)cc(I)c1OCc1ccccc1Cl. The van der Waals surface area contributed by atoms with Crippen molar-refractivity contribution in [2.24, 2.45) is 5.10 Å². The summed E-state index contributed by atoms with van der Waals surface area (Å²) < 4.78 is 12.3. The second kappa shape index (κ2) is 10.3. The van der Waals surface area contributed by atoms with Crippen LogP contribution in [0.1, 0.15) is 21.5 Å².